The number of H-pyrrole nitrogens is 1. The summed E-state index contributed by atoms with van der Waals surface area (Å²) in [6, 6.07) is 20.0. The van der Waals surface area contributed by atoms with Crippen molar-refractivity contribution in [3.63, 3.8) is 0 Å². The number of hydrogen-bond donors (Lipinski definition) is 1. The molecule has 1 heterocycles. The number of imidazole rings is 1. The number of aromatic amines is 1. The highest BCUT2D eigenvalue weighted by atomic mass is 16.1. The SMILES string of the molecule is CC(C)(C)n1c(-c2ccccc2)c(-c2ccccc2)[nH]c1=O. The van der Waals surface area contributed by atoms with Crippen molar-refractivity contribution in [3.05, 3.63) is 71.1 Å². The third-order valence-corrected chi connectivity index (χ3v) is 3.68. The van der Waals surface area contributed by atoms with Gasteiger partial charge in [-0.15, -0.1) is 0 Å². The zero-order valence-electron chi connectivity index (χ0n) is 13.1. The standard InChI is InChI=1S/C19H20N2O/c1-19(2,3)21-17(15-12-8-5-9-13-15)16(20-18(21)22)14-10-6-4-7-11-14/h4-13H,1-3H3,(H,20,22). The molecule has 3 rings (SSSR count). The molecule has 0 saturated carbocycles. The van der Waals surface area contributed by atoms with Gasteiger partial charge >= 0.3 is 5.69 Å². The Bertz CT molecular complexity index is 821. The molecular weight excluding hydrogens is 272 g/mol. The molecule has 0 atom stereocenters. The van der Waals surface area contributed by atoms with Gasteiger partial charge in [0.15, 0.2) is 0 Å². The van der Waals surface area contributed by atoms with Crippen molar-refractivity contribution in [1.82, 2.24) is 9.55 Å². The van der Waals surface area contributed by atoms with Crippen LogP contribution < -0.4 is 5.69 Å². The number of aromatic nitrogens is 2. The highest BCUT2D eigenvalue weighted by Gasteiger charge is 2.24. The van der Waals surface area contributed by atoms with Crippen LogP contribution in [-0.2, 0) is 5.54 Å². The molecule has 0 aliphatic rings. The normalized spacial score (nSPS) is 11.6. The summed E-state index contributed by atoms with van der Waals surface area (Å²) >= 11 is 0. The minimum atomic E-state index is -0.300. The zero-order chi connectivity index (χ0) is 15.7. The van der Waals surface area contributed by atoms with E-state index in [0.717, 1.165) is 22.5 Å². The van der Waals surface area contributed by atoms with Crippen LogP contribution in [0.4, 0.5) is 0 Å². The van der Waals surface area contributed by atoms with E-state index >= 15 is 0 Å². The largest absolute Gasteiger partial charge is 0.326 e. The van der Waals surface area contributed by atoms with E-state index < -0.39 is 0 Å². The molecule has 0 fully saturated rings. The van der Waals surface area contributed by atoms with Gasteiger partial charge in [-0.05, 0) is 20.8 Å². The lowest BCUT2D eigenvalue weighted by atomic mass is 10.0. The maximum atomic E-state index is 12.6. The van der Waals surface area contributed by atoms with E-state index in [1.54, 1.807) is 0 Å². The van der Waals surface area contributed by atoms with Crippen LogP contribution >= 0.6 is 0 Å². The molecule has 0 aliphatic heterocycles. The van der Waals surface area contributed by atoms with Gasteiger partial charge in [-0.3, -0.25) is 4.57 Å². The Morgan fingerprint density at radius 3 is 1.82 bits per heavy atom. The van der Waals surface area contributed by atoms with E-state index in [-0.39, 0.29) is 11.2 Å². The number of nitrogens with one attached hydrogen (secondary N) is 1. The molecule has 3 nitrogen and oxygen atoms in total. The van der Waals surface area contributed by atoms with Gasteiger partial charge in [-0.25, -0.2) is 4.79 Å². The first kappa shape index (κ1) is 14.4. The molecule has 112 valence electrons. The smallest absolute Gasteiger partial charge is 0.305 e. The van der Waals surface area contributed by atoms with E-state index in [1.165, 1.54) is 0 Å². The van der Waals surface area contributed by atoms with E-state index in [0.29, 0.717) is 0 Å². The quantitative estimate of drug-likeness (QED) is 0.752. The molecule has 22 heavy (non-hydrogen) atoms. The van der Waals surface area contributed by atoms with Crippen LogP contribution in [0.5, 0.6) is 0 Å². The molecule has 1 aromatic heterocycles. The van der Waals surface area contributed by atoms with Crippen LogP contribution in [0.25, 0.3) is 22.5 Å². The second-order valence-electron chi connectivity index (χ2n) is 6.39. The summed E-state index contributed by atoms with van der Waals surface area (Å²) in [5, 5.41) is 0. The highest BCUT2D eigenvalue weighted by Crippen LogP contribution is 2.32. The van der Waals surface area contributed by atoms with Crippen LogP contribution in [0, 0.1) is 0 Å². The van der Waals surface area contributed by atoms with Crippen molar-refractivity contribution < 1.29 is 0 Å². The van der Waals surface area contributed by atoms with E-state index in [4.69, 9.17) is 0 Å². The van der Waals surface area contributed by atoms with E-state index in [9.17, 15) is 4.79 Å². The summed E-state index contributed by atoms with van der Waals surface area (Å²) in [4.78, 5) is 15.6. The maximum Gasteiger partial charge on any atom is 0.326 e. The third-order valence-electron chi connectivity index (χ3n) is 3.68. The predicted molar refractivity (Wildman–Crippen MR) is 90.9 cm³/mol. The molecule has 0 amide bonds. The lowest BCUT2D eigenvalue weighted by Crippen LogP contribution is -2.32. The fourth-order valence-corrected chi connectivity index (χ4v) is 2.76. The number of rotatable bonds is 2. The van der Waals surface area contributed by atoms with Gasteiger partial charge in [-0.1, -0.05) is 60.7 Å². The molecule has 2 aromatic carbocycles. The second kappa shape index (κ2) is 5.34. The van der Waals surface area contributed by atoms with Gasteiger partial charge in [0.2, 0.25) is 0 Å². The summed E-state index contributed by atoms with van der Waals surface area (Å²) in [6.07, 6.45) is 0. The maximum absolute atomic E-state index is 12.6. The Labute approximate surface area is 130 Å². The molecule has 3 aromatic rings. The predicted octanol–water partition coefficient (Wildman–Crippen LogP) is 4.27. The van der Waals surface area contributed by atoms with Gasteiger partial charge in [0, 0.05) is 16.7 Å². The number of hydrogen-bond acceptors (Lipinski definition) is 1. The van der Waals surface area contributed by atoms with Crippen LogP contribution in [0.1, 0.15) is 20.8 Å². The average molecular weight is 292 g/mol. The lowest BCUT2D eigenvalue weighted by Gasteiger charge is -2.23. The first-order valence-corrected chi connectivity index (χ1v) is 7.45. The summed E-state index contributed by atoms with van der Waals surface area (Å²) < 4.78 is 1.84. The molecular formula is C19H20N2O. The minimum absolute atomic E-state index is 0.0785. The van der Waals surface area contributed by atoms with Crippen molar-refractivity contribution in [3.8, 4) is 22.5 Å². The second-order valence-corrected chi connectivity index (χ2v) is 6.39. The van der Waals surface area contributed by atoms with Gasteiger partial charge in [-0.2, -0.15) is 0 Å². The topological polar surface area (TPSA) is 37.8 Å². The van der Waals surface area contributed by atoms with Crippen LogP contribution in [-0.4, -0.2) is 9.55 Å². The zero-order valence-corrected chi connectivity index (χ0v) is 13.1. The fraction of sp³-hybridized carbons (Fsp3) is 0.211. The van der Waals surface area contributed by atoms with E-state index in [2.05, 4.69) is 4.98 Å². The fourth-order valence-electron chi connectivity index (χ4n) is 2.76. The summed E-state index contributed by atoms with van der Waals surface area (Å²) in [6.45, 7) is 6.14. The molecule has 0 aliphatic carbocycles. The first-order chi connectivity index (χ1) is 10.5. The molecule has 0 radical (unpaired) electrons. The van der Waals surface area contributed by atoms with Crippen molar-refractivity contribution in [2.75, 3.05) is 0 Å². The monoisotopic (exact) mass is 292 g/mol. The molecule has 1 N–H and O–H groups in total. The molecule has 0 saturated heterocycles. The summed E-state index contributed by atoms with van der Waals surface area (Å²) in [5.74, 6) is 0. The molecule has 0 bridgehead atoms. The molecule has 0 spiro atoms. The van der Waals surface area contributed by atoms with Crippen molar-refractivity contribution in [2.45, 2.75) is 26.3 Å². The summed E-state index contributed by atoms with van der Waals surface area (Å²) in [7, 11) is 0. The Balaban J connectivity index is 2.36. The summed E-state index contributed by atoms with van der Waals surface area (Å²) in [5.41, 5.74) is 3.48. The van der Waals surface area contributed by atoms with Crippen molar-refractivity contribution >= 4 is 0 Å². The van der Waals surface area contributed by atoms with Crippen molar-refractivity contribution in [2.24, 2.45) is 0 Å². The number of nitrogens with zero attached hydrogens (tertiary/aromatic N) is 1. The van der Waals surface area contributed by atoms with Gasteiger partial charge in [0.1, 0.15) is 0 Å². The van der Waals surface area contributed by atoms with Crippen LogP contribution in [0.2, 0.25) is 0 Å². The Kier molecular flexibility index (Phi) is 3.49. The van der Waals surface area contributed by atoms with Gasteiger partial charge < -0.3 is 4.98 Å². The molecule has 3 heteroatoms. The Morgan fingerprint density at radius 2 is 1.32 bits per heavy atom. The first-order valence-electron chi connectivity index (χ1n) is 7.45. The number of benzene rings is 2. The molecule has 0 unspecified atom stereocenters. The van der Waals surface area contributed by atoms with Gasteiger partial charge in [0.05, 0.1) is 11.4 Å². The van der Waals surface area contributed by atoms with Crippen molar-refractivity contribution in [1.29, 1.82) is 0 Å². The highest BCUT2D eigenvalue weighted by molar-refractivity contribution is 5.78. The Morgan fingerprint density at radius 1 is 0.818 bits per heavy atom. The minimum Gasteiger partial charge on any atom is -0.305 e. The van der Waals surface area contributed by atoms with Gasteiger partial charge in [0.25, 0.3) is 0 Å². The van der Waals surface area contributed by atoms with Crippen LogP contribution in [0.15, 0.2) is 65.5 Å². The van der Waals surface area contributed by atoms with Crippen LogP contribution in [0.3, 0.4) is 0 Å². The van der Waals surface area contributed by atoms with E-state index in [1.807, 2.05) is 86.0 Å². The third kappa shape index (κ3) is 2.50. The average Bonchev–Trinajstić information content (AvgIpc) is 2.86. The lowest BCUT2D eigenvalue weighted by molar-refractivity contribution is 0.390. The Hall–Kier alpha value is -2.55.